The average Bonchev–Trinajstić information content (AvgIpc) is 2.40. The Morgan fingerprint density at radius 3 is 3.11 bits per heavy atom. The fourth-order valence-electron chi connectivity index (χ4n) is 1.96. The van der Waals surface area contributed by atoms with Gasteiger partial charge in [0.1, 0.15) is 12.1 Å². The molecule has 1 fully saturated rings. The van der Waals surface area contributed by atoms with Crippen LogP contribution < -0.4 is 9.64 Å². The van der Waals surface area contributed by atoms with Crippen LogP contribution >= 0.6 is 0 Å². The molecule has 100 valence electrons. The number of morpholine rings is 1. The number of ether oxygens (including phenoxy) is 2. The van der Waals surface area contributed by atoms with Crippen LogP contribution in [0.3, 0.4) is 0 Å². The second-order valence-corrected chi connectivity index (χ2v) is 4.29. The molecule has 0 amide bonds. The second-order valence-electron chi connectivity index (χ2n) is 4.29. The molecule has 6 heteroatoms. The summed E-state index contributed by atoms with van der Waals surface area (Å²) in [6, 6.07) is 2.04. The van der Waals surface area contributed by atoms with Gasteiger partial charge in [-0.1, -0.05) is 0 Å². The third-order valence-corrected chi connectivity index (χ3v) is 2.92. The molecule has 2 rings (SSSR count). The van der Waals surface area contributed by atoms with Crippen molar-refractivity contribution in [2.75, 3.05) is 31.3 Å². The van der Waals surface area contributed by atoms with E-state index in [1.807, 2.05) is 13.0 Å². The number of aromatic nitrogens is 2. The van der Waals surface area contributed by atoms with Gasteiger partial charge in [-0.2, -0.15) is 0 Å². The first-order chi connectivity index (χ1) is 8.74. The van der Waals surface area contributed by atoms with Crippen LogP contribution in [-0.4, -0.2) is 53.6 Å². The molecule has 0 radical (unpaired) electrons. The number of hydrogen-bond acceptors (Lipinski definition) is 6. The van der Waals surface area contributed by atoms with E-state index in [1.54, 1.807) is 0 Å². The van der Waals surface area contributed by atoms with Gasteiger partial charge in [-0.15, -0.1) is 0 Å². The normalized spacial score (nSPS) is 24.1. The summed E-state index contributed by atoms with van der Waals surface area (Å²) in [7, 11) is 0. The van der Waals surface area contributed by atoms with Gasteiger partial charge in [-0.3, -0.25) is 0 Å². The molecule has 6 nitrogen and oxygen atoms in total. The van der Waals surface area contributed by atoms with E-state index in [4.69, 9.17) is 9.47 Å². The minimum Gasteiger partial charge on any atom is -0.478 e. The van der Waals surface area contributed by atoms with E-state index in [0.717, 1.165) is 5.82 Å². The van der Waals surface area contributed by atoms with Crippen molar-refractivity contribution in [2.24, 2.45) is 0 Å². The fourth-order valence-corrected chi connectivity index (χ4v) is 1.96. The quantitative estimate of drug-likeness (QED) is 0.841. The Balaban J connectivity index is 2.15. The van der Waals surface area contributed by atoms with Gasteiger partial charge in [-0.25, -0.2) is 9.97 Å². The van der Waals surface area contributed by atoms with E-state index in [9.17, 15) is 5.11 Å². The lowest BCUT2D eigenvalue weighted by Gasteiger charge is -2.38. The summed E-state index contributed by atoms with van der Waals surface area (Å²) in [6.45, 7) is 5.79. The molecule has 1 N–H and O–H groups in total. The van der Waals surface area contributed by atoms with Gasteiger partial charge in [-0.05, 0) is 13.8 Å². The number of anilines is 1. The van der Waals surface area contributed by atoms with Gasteiger partial charge in [0.05, 0.1) is 32.0 Å². The van der Waals surface area contributed by atoms with Crippen LogP contribution in [0, 0.1) is 0 Å². The first-order valence-electron chi connectivity index (χ1n) is 6.18. The summed E-state index contributed by atoms with van der Waals surface area (Å²) in [5.74, 6) is 1.38. The zero-order chi connectivity index (χ0) is 13.0. The highest BCUT2D eigenvalue weighted by atomic mass is 16.5. The third kappa shape index (κ3) is 2.88. The molecule has 18 heavy (non-hydrogen) atoms. The topological polar surface area (TPSA) is 67.7 Å². The molecular formula is C12H19N3O3. The first-order valence-corrected chi connectivity index (χ1v) is 6.18. The molecule has 0 saturated carbocycles. The minimum absolute atomic E-state index is 0.0205. The summed E-state index contributed by atoms with van der Waals surface area (Å²) in [5, 5.41) is 9.17. The first kappa shape index (κ1) is 13.0. The Labute approximate surface area is 107 Å². The van der Waals surface area contributed by atoms with E-state index < -0.39 is 0 Å². The van der Waals surface area contributed by atoms with E-state index in [-0.39, 0.29) is 18.8 Å². The lowest BCUT2D eigenvalue weighted by atomic mass is 10.2. The number of rotatable bonds is 4. The second kappa shape index (κ2) is 5.97. The van der Waals surface area contributed by atoms with Gasteiger partial charge in [0.2, 0.25) is 5.88 Å². The summed E-state index contributed by atoms with van der Waals surface area (Å²) in [5.41, 5.74) is 0. The predicted molar refractivity (Wildman–Crippen MR) is 66.8 cm³/mol. The van der Waals surface area contributed by atoms with Gasteiger partial charge in [0.25, 0.3) is 0 Å². The van der Waals surface area contributed by atoms with E-state index in [1.165, 1.54) is 6.33 Å². The molecule has 0 aliphatic carbocycles. The molecule has 1 aliphatic heterocycles. The molecule has 1 aromatic heterocycles. The zero-order valence-corrected chi connectivity index (χ0v) is 10.7. The van der Waals surface area contributed by atoms with Crippen molar-refractivity contribution in [3.63, 3.8) is 0 Å². The minimum atomic E-state index is -0.160. The van der Waals surface area contributed by atoms with E-state index >= 15 is 0 Å². The van der Waals surface area contributed by atoms with Crippen LogP contribution in [0.5, 0.6) is 5.88 Å². The molecular weight excluding hydrogens is 234 g/mol. The smallest absolute Gasteiger partial charge is 0.218 e. The van der Waals surface area contributed by atoms with Crippen LogP contribution in [-0.2, 0) is 4.74 Å². The SMILES string of the molecule is CCOc1cc(N2CC(CO)OCC2C)ncn1. The predicted octanol–water partition coefficient (Wildman–Crippen LogP) is 0.461. The maximum atomic E-state index is 9.17. The molecule has 2 unspecified atom stereocenters. The van der Waals surface area contributed by atoms with Crippen LogP contribution in [0.1, 0.15) is 13.8 Å². The van der Waals surface area contributed by atoms with Crippen molar-refractivity contribution >= 4 is 5.82 Å². The maximum absolute atomic E-state index is 9.17. The van der Waals surface area contributed by atoms with Crippen LogP contribution in [0.4, 0.5) is 5.82 Å². The highest BCUT2D eigenvalue weighted by Gasteiger charge is 2.26. The lowest BCUT2D eigenvalue weighted by molar-refractivity contribution is -0.0106. The fraction of sp³-hybridized carbons (Fsp3) is 0.667. The number of aliphatic hydroxyl groups excluding tert-OH is 1. The standard InChI is InChI=1S/C12H19N3O3/c1-3-17-12-4-11(13-8-14-12)15-5-10(6-16)18-7-9(15)2/h4,8-10,16H,3,5-7H2,1-2H3. The summed E-state index contributed by atoms with van der Waals surface area (Å²) in [4.78, 5) is 10.4. The molecule has 2 heterocycles. The lowest BCUT2D eigenvalue weighted by Crippen LogP contribution is -2.50. The van der Waals surface area contributed by atoms with Crippen LogP contribution in [0.2, 0.25) is 0 Å². The Hall–Kier alpha value is -1.40. The Morgan fingerprint density at radius 1 is 1.56 bits per heavy atom. The molecule has 1 aliphatic rings. The summed E-state index contributed by atoms with van der Waals surface area (Å²) >= 11 is 0. The van der Waals surface area contributed by atoms with E-state index in [0.29, 0.717) is 25.6 Å². The van der Waals surface area contributed by atoms with Crippen LogP contribution in [0.25, 0.3) is 0 Å². The van der Waals surface area contributed by atoms with Gasteiger partial charge in [0.15, 0.2) is 0 Å². The number of nitrogens with zero attached hydrogens (tertiary/aromatic N) is 3. The third-order valence-electron chi connectivity index (χ3n) is 2.92. The molecule has 0 spiro atoms. The molecule has 1 aromatic rings. The average molecular weight is 253 g/mol. The van der Waals surface area contributed by atoms with Gasteiger partial charge < -0.3 is 19.5 Å². The zero-order valence-electron chi connectivity index (χ0n) is 10.7. The van der Waals surface area contributed by atoms with E-state index in [2.05, 4.69) is 21.8 Å². The number of aliphatic hydroxyl groups is 1. The van der Waals surface area contributed by atoms with Crippen molar-refractivity contribution in [3.05, 3.63) is 12.4 Å². The Bertz CT molecular complexity index is 389. The molecule has 1 saturated heterocycles. The number of hydrogen-bond donors (Lipinski definition) is 1. The largest absolute Gasteiger partial charge is 0.478 e. The molecule has 0 bridgehead atoms. The van der Waals surface area contributed by atoms with Crippen molar-refractivity contribution in [2.45, 2.75) is 26.0 Å². The Morgan fingerprint density at radius 2 is 2.39 bits per heavy atom. The summed E-state index contributed by atoms with van der Waals surface area (Å²) in [6.07, 6.45) is 1.34. The Kier molecular flexibility index (Phi) is 4.33. The monoisotopic (exact) mass is 253 g/mol. The van der Waals surface area contributed by atoms with Gasteiger partial charge >= 0.3 is 0 Å². The summed E-state index contributed by atoms with van der Waals surface area (Å²) < 4.78 is 10.9. The molecule has 2 atom stereocenters. The highest BCUT2D eigenvalue weighted by molar-refractivity contribution is 5.42. The van der Waals surface area contributed by atoms with Gasteiger partial charge in [0, 0.05) is 12.6 Å². The van der Waals surface area contributed by atoms with Crippen molar-refractivity contribution in [3.8, 4) is 5.88 Å². The molecule has 0 aromatic carbocycles. The van der Waals surface area contributed by atoms with Crippen molar-refractivity contribution < 1.29 is 14.6 Å². The van der Waals surface area contributed by atoms with Crippen molar-refractivity contribution in [1.82, 2.24) is 9.97 Å². The highest BCUT2D eigenvalue weighted by Crippen LogP contribution is 2.21. The maximum Gasteiger partial charge on any atom is 0.218 e. The van der Waals surface area contributed by atoms with Crippen LogP contribution in [0.15, 0.2) is 12.4 Å². The van der Waals surface area contributed by atoms with Crippen molar-refractivity contribution in [1.29, 1.82) is 0 Å².